The number of benzene rings is 1. The Bertz CT molecular complexity index is 696. The van der Waals surface area contributed by atoms with Crippen LogP contribution in [0.4, 0.5) is 0 Å². The zero-order valence-corrected chi connectivity index (χ0v) is 12.0. The van der Waals surface area contributed by atoms with Gasteiger partial charge < -0.3 is 9.30 Å². The topological polar surface area (TPSA) is 99.2 Å². The molecule has 0 saturated heterocycles. The van der Waals surface area contributed by atoms with E-state index in [9.17, 15) is 8.42 Å². The molecule has 0 aliphatic heterocycles. The van der Waals surface area contributed by atoms with E-state index in [0.29, 0.717) is 17.1 Å². The zero-order valence-electron chi connectivity index (χ0n) is 11.1. The van der Waals surface area contributed by atoms with Crippen molar-refractivity contribution in [2.24, 2.45) is 12.2 Å². The molecule has 20 heavy (non-hydrogen) atoms. The highest BCUT2D eigenvalue weighted by Gasteiger charge is 2.22. The van der Waals surface area contributed by atoms with Crippen molar-refractivity contribution in [1.82, 2.24) is 14.3 Å². The van der Waals surface area contributed by atoms with Gasteiger partial charge in [0.2, 0.25) is 0 Å². The first-order chi connectivity index (χ1) is 9.40. The fraction of sp³-hybridized carbons (Fsp3) is 0.250. The summed E-state index contributed by atoms with van der Waals surface area (Å²) in [6.07, 6.45) is 3.32. The summed E-state index contributed by atoms with van der Waals surface area (Å²) in [4.78, 5) is 4.17. The summed E-state index contributed by atoms with van der Waals surface area (Å²) in [5.74, 6) is 1.16. The highest BCUT2D eigenvalue weighted by molar-refractivity contribution is 7.87. The summed E-state index contributed by atoms with van der Waals surface area (Å²) in [6, 6.07) is 6.38. The average molecular weight is 296 g/mol. The van der Waals surface area contributed by atoms with E-state index in [0.717, 1.165) is 0 Å². The van der Waals surface area contributed by atoms with Crippen molar-refractivity contribution in [3.8, 4) is 5.75 Å². The number of nitrogens with two attached hydrogens (primary N) is 1. The van der Waals surface area contributed by atoms with Crippen LogP contribution in [0.3, 0.4) is 0 Å². The van der Waals surface area contributed by atoms with E-state index in [4.69, 9.17) is 9.88 Å². The van der Waals surface area contributed by atoms with Gasteiger partial charge in [-0.3, -0.25) is 0 Å². The van der Waals surface area contributed by atoms with E-state index in [-0.39, 0.29) is 0 Å². The summed E-state index contributed by atoms with van der Waals surface area (Å²) in [5.41, 5.74) is 0.688. The van der Waals surface area contributed by atoms with E-state index < -0.39 is 16.3 Å². The van der Waals surface area contributed by atoms with Crippen LogP contribution in [0.25, 0.3) is 0 Å². The first-order valence-corrected chi connectivity index (χ1v) is 7.36. The van der Waals surface area contributed by atoms with Crippen molar-refractivity contribution in [1.29, 1.82) is 0 Å². The molecule has 1 aromatic carbocycles. The molecule has 1 atom stereocenters. The molecule has 0 bridgehead atoms. The molecular formula is C12H16N4O3S. The van der Waals surface area contributed by atoms with Crippen LogP contribution in [0, 0.1) is 0 Å². The molecule has 2 aromatic rings. The molecule has 0 spiro atoms. The van der Waals surface area contributed by atoms with Gasteiger partial charge in [0.15, 0.2) is 0 Å². The van der Waals surface area contributed by atoms with Crippen LogP contribution in [0.2, 0.25) is 0 Å². The highest BCUT2D eigenvalue weighted by atomic mass is 32.2. The van der Waals surface area contributed by atoms with Gasteiger partial charge in [-0.1, -0.05) is 12.1 Å². The molecule has 0 fully saturated rings. The molecule has 0 aliphatic rings. The van der Waals surface area contributed by atoms with Crippen LogP contribution >= 0.6 is 0 Å². The summed E-state index contributed by atoms with van der Waals surface area (Å²) < 4.78 is 32.0. The number of imidazole rings is 1. The lowest BCUT2D eigenvalue weighted by atomic mass is 10.1. The standard InChI is InChI=1S/C12H16N4O3S/c1-16-7-6-14-12(16)11(15-20(13,17)18)9-4-3-5-10(8-9)19-2/h3-8,11,15H,1-2H3,(H2,13,17,18)/t11-/m0/s1. The lowest BCUT2D eigenvalue weighted by Crippen LogP contribution is -2.36. The molecule has 0 amide bonds. The smallest absolute Gasteiger partial charge is 0.275 e. The van der Waals surface area contributed by atoms with E-state index in [1.54, 1.807) is 55.4 Å². The molecule has 0 aliphatic carbocycles. The Morgan fingerprint density at radius 3 is 2.75 bits per heavy atom. The minimum absolute atomic E-state index is 0.535. The maximum absolute atomic E-state index is 11.4. The molecule has 3 N–H and O–H groups in total. The Labute approximate surface area is 117 Å². The number of nitrogens with zero attached hydrogens (tertiary/aromatic N) is 2. The van der Waals surface area contributed by atoms with Crippen molar-refractivity contribution in [2.75, 3.05) is 7.11 Å². The summed E-state index contributed by atoms with van der Waals surface area (Å²) in [6.45, 7) is 0. The minimum Gasteiger partial charge on any atom is -0.497 e. The molecular weight excluding hydrogens is 280 g/mol. The third-order valence-corrected chi connectivity index (χ3v) is 3.39. The third-order valence-electron chi connectivity index (χ3n) is 2.83. The Kier molecular flexibility index (Phi) is 4.07. The number of rotatable bonds is 5. The van der Waals surface area contributed by atoms with Gasteiger partial charge in [0.1, 0.15) is 17.6 Å². The predicted molar refractivity (Wildman–Crippen MR) is 74.3 cm³/mol. The van der Waals surface area contributed by atoms with Crippen LogP contribution < -0.4 is 14.6 Å². The predicted octanol–water partition coefficient (Wildman–Crippen LogP) is 0.311. The molecule has 1 heterocycles. The Morgan fingerprint density at radius 1 is 1.45 bits per heavy atom. The quantitative estimate of drug-likeness (QED) is 0.829. The van der Waals surface area contributed by atoms with Crippen LogP contribution in [0.15, 0.2) is 36.7 Å². The normalized spacial score (nSPS) is 13.2. The molecule has 1 aromatic heterocycles. The van der Waals surface area contributed by atoms with Gasteiger partial charge >= 0.3 is 0 Å². The Hall–Kier alpha value is -1.90. The molecule has 0 unspecified atom stereocenters. The Morgan fingerprint density at radius 2 is 2.20 bits per heavy atom. The van der Waals surface area contributed by atoms with Gasteiger partial charge in [-0.25, -0.2) is 10.1 Å². The second-order valence-corrected chi connectivity index (χ2v) is 5.59. The fourth-order valence-electron chi connectivity index (χ4n) is 1.91. The van der Waals surface area contributed by atoms with Crippen LogP contribution in [0.5, 0.6) is 5.75 Å². The number of nitrogens with one attached hydrogen (secondary N) is 1. The number of hydrogen-bond acceptors (Lipinski definition) is 4. The summed E-state index contributed by atoms with van der Waals surface area (Å²) in [7, 11) is -0.556. The second-order valence-electron chi connectivity index (χ2n) is 4.27. The van der Waals surface area contributed by atoms with Crippen LogP contribution in [0.1, 0.15) is 17.4 Å². The largest absolute Gasteiger partial charge is 0.497 e. The number of aryl methyl sites for hydroxylation is 1. The lowest BCUT2D eigenvalue weighted by molar-refractivity contribution is 0.413. The number of aromatic nitrogens is 2. The number of ether oxygens (including phenoxy) is 1. The van der Waals surface area contributed by atoms with E-state index in [2.05, 4.69) is 9.71 Å². The molecule has 108 valence electrons. The van der Waals surface area contributed by atoms with Gasteiger partial charge in [-0.05, 0) is 17.7 Å². The van der Waals surface area contributed by atoms with Gasteiger partial charge in [0.25, 0.3) is 10.2 Å². The van der Waals surface area contributed by atoms with E-state index >= 15 is 0 Å². The van der Waals surface area contributed by atoms with Crippen molar-refractivity contribution in [2.45, 2.75) is 6.04 Å². The summed E-state index contributed by atoms with van der Waals surface area (Å²) >= 11 is 0. The maximum Gasteiger partial charge on any atom is 0.275 e. The van der Waals surface area contributed by atoms with Gasteiger partial charge in [0, 0.05) is 19.4 Å². The summed E-state index contributed by atoms with van der Waals surface area (Å²) in [5, 5.41) is 5.09. The second kappa shape index (κ2) is 5.61. The molecule has 7 nitrogen and oxygen atoms in total. The van der Waals surface area contributed by atoms with Crippen molar-refractivity contribution >= 4 is 10.2 Å². The SMILES string of the molecule is COc1cccc([C@H](NS(N)(=O)=O)c2nccn2C)c1. The third kappa shape index (κ3) is 3.35. The van der Waals surface area contributed by atoms with Crippen LogP contribution in [-0.4, -0.2) is 25.1 Å². The number of hydrogen-bond donors (Lipinski definition) is 2. The van der Waals surface area contributed by atoms with E-state index in [1.165, 1.54) is 0 Å². The molecule has 0 radical (unpaired) electrons. The number of methoxy groups -OCH3 is 1. The first-order valence-electron chi connectivity index (χ1n) is 5.82. The van der Waals surface area contributed by atoms with Crippen molar-refractivity contribution < 1.29 is 13.2 Å². The lowest BCUT2D eigenvalue weighted by Gasteiger charge is -2.18. The van der Waals surface area contributed by atoms with Crippen molar-refractivity contribution in [3.05, 3.63) is 48.0 Å². The van der Waals surface area contributed by atoms with E-state index in [1.807, 2.05) is 0 Å². The molecule has 2 rings (SSSR count). The van der Waals surface area contributed by atoms with Gasteiger partial charge in [-0.2, -0.15) is 13.1 Å². The fourth-order valence-corrected chi connectivity index (χ4v) is 2.48. The maximum atomic E-state index is 11.4. The first kappa shape index (κ1) is 14.5. The van der Waals surface area contributed by atoms with Crippen LogP contribution in [-0.2, 0) is 17.3 Å². The zero-order chi connectivity index (χ0) is 14.8. The van der Waals surface area contributed by atoms with Gasteiger partial charge in [0.05, 0.1) is 7.11 Å². The monoisotopic (exact) mass is 296 g/mol. The minimum atomic E-state index is -3.88. The molecule has 8 heteroatoms. The molecule has 0 saturated carbocycles. The van der Waals surface area contributed by atoms with Gasteiger partial charge in [-0.15, -0.1) is 0 Å². The Balaban J connectivity index is 2.48. The highest BCUT2D eigenvalue weighted by Crippen LogP contribution is 2.24. The van der Waals surface area contributed by atoms with Crippen molar-refractivity contribution in [3.63, 3.8) is 0 Å². The average Bonchev–Trinajstić information content (AvgIpc) is 2.81.